The van der Waals surface area contributed by atoms with E-state index in [1.165, 1.54) is 0 Å². The molecule has 0 bridgehead atoms. The third-order valence-corrected chi connectivity index (χ3v) is 4.29. The van der Waals surface area contributed by atoms with Gasteiger partial charge in [0.1, 0.15) is 18.1 Å². The molecule has 2 N–H and O–H groups in total. The van der Waals surface area contributed by atoms with Crippen LogP contribution in [0.3, 0.4) is 0 Å². The second-order valence-electron chi connectivity index (χ2n) is 5.53. The summed E-state index contributed by atoms with van der Waals surface area (Å²) in [6.45, 7) is 6.17. The van der Waals surface area contributed by atoms with Gasteiger partial charge in [-0.05, 0) is 89.8 Å². The number of nitrogens with one attached hydrogen (secondary N) is 2. The van der Waals surface area contributed by atoms with Gasteiger partial charge in [-0.25, -0.2) is 0 Å². The first kappa shape index (κ1) is 20.2. The molecule has 0 spiro atoms. The van der Waals surface area contributed by atoms with Crippen LogP contribution in [-0.2, 0) is 0 Å². The van der Waals surface area contributed by atoms with Gasteiger partial charge in [0, 0.05) is 11.3 Å². The summed E-state index contributed by atoms with van der Waals surface area (Å²) in [6, 6.07) is 12.5. The van der Waals surface area contributed by atoms with Crippen LogP contribution in [0, 0.1) is 3.57 Å². The van der Waals surface area contributed by atoms with Crippen LogP contribution in [0.2, 0.25) is 0 Å². The molecule has 26 heavy (non-hydrogen) atoms. The van der Waals surface area contributed by atoms with Crippen molar-refractivity contribution >= 4 is 51.5 Å². The number of halogens is 1. The molecule has 7 heteroatoms. The van der Waals surface area contributed by atoms with E-state index in [0.29, 0.717) is 12.2 Å². The van der Waals surface area contributed by atoms with E-state index in [1.54, 1.807) is 25.3 Å². The molecule has 0 unspecified atom stereocenters. The Kier molecular flexibility index (Phi) is 7.40. The largest absolute Gasteiger partial charge is 0.496 e. The van der Waals surface area contributed by atoms with Crippen molar-refractivity contribution in [3.63, 3.8) is 0 Å². The molecule has 0 aromatic heterocycles. The van der Waals surface area contributed by atoms with Gasteiger partial charge >= 0.3 is 0 Å². The lowest BCUT2D eigenvalue weighted by molar-refractivity contribution is 0.0977. The Hall–Kier alpha value is -2.13. The van der Waals surface area contributed by atoms with Gasteiger partial charge in [0.15, 0.2) is 5.11 Å². The molecule has 2 rings (SSSR count). The Morgan fingerprint density at radius 2 is 1.92 bits per heavy atom. The highest BCUT2D eigenvalue weighted by molar-refractivity contribution is 14.1. The summed E-state index contributed by atoms with van der Waals surface area (Å²) in [5, 5.41) is 5.85. The Balaban J connectivity index is 1.92. The molecule has 0 saturated carbocycles. The molecule has 0 aliphatic heterocycles. The summed E-state index contributed by atoms with van der Waals surface area (Å²) < 4.78 is 11.6. The molecule has 0 saturated heterocycles. The second kappa shape index (κ2) is 9.54. The van der Waals surface area contributed by atoms with Gasteiger partial charge in [-0.15, -0.1) is 0 Å². The number of hydrogen-bond donors (Lipinski definition) is 2. The lowest BCUT2D eigenvalue weighted by Gasteiger charge is -2.11. The number of ether oxygens (including phenoxy) is 2. The normalized spacial score (nSPS) is 9.96. The van der Waals surface area contributed by atoms with E-state index in [9.17, 15) is 4.79 Å². The number of carbonyl (C=O) groups excluding carboxylic acids is 1. The first-order valence-corrected chi connectivity index (χ1v) is 9.21. The number of rotatable bonds is 6. The third-order valence-electron chi connectivity index (χ3n) is 3.24. The predicted octanol–water partition coefficient (Wildman–Crippen LogP) is 4.38. The number of amides is 1. The fourth-order valence-electron chi connectivity index (χ4n) is 1.99. The Bertz CT molecular complexity index is 822. The maximum Gasteiger partial charge on any atom is 0.257 e. The van der Waals surface area contributed by atoms with Crippen LogP contribution >= 0.6 is 34.8 Å². The number of methoxy groups -OCH3 is 1. The number of thiocarbonyl (C=S) groups is 1. The molecule has 1 amide bonds. The number of benzene rings is 2. The zero-order valence-electron chi connectivity index (χ0n) is 14.5. The standard InChI is InChI=1S/C19H19IN2O3S/c1-12(2)11-25-15-7-5-14(6-8-15)21-19(26)22-18(23)13-4-9-17(24-3)16(20)10-13/h4-10H,1,11H2,2-3H3,(H2,21,22,23,26). The Morgan fingerprint density at radius 1 is 1.23 bits per heavy atom. The van der Waals surface area contributed by atoms with Gasteiger partial charge in [-0.2, -0.15) is 0 Å². The SMILES string of the molecule is C=C(C)COc1ccc(NC(=S)NC(=O)c2ccc(OC)c(I)c2)cc1. The maximum atomic E-state index is 12.3. The minimum absolute atomic E-state index is 0.219. The van der Waals surface area contributed by atoms with E-state index in [0.717, 1.165) is 26.3 Å². The molecular formula is C19H19IN2O3S. The van der Waals surface area contributed by atoms with Crippen molar-refractivity contribution in [3.8, 4) is 11.5 Å². The topological polar surface area (TPSA) is 59.6 Å². The first-order valence-electron chi connectivity index (χ1n) is 7.72. The average molecular weight is 482 g/mol. The predicted molar refractivity (Wildman–Crippen MR) is 116 cm³/mol. The van der Waals surface area contributed by atoms with Crippen molar-refractivity contribution in [2.45, 2.75) is 6.92 Å². The molecule has 2 aromatic rings. The van der Waals surface area contributed by atoms with Crippen molar-refractivity contribution in [1.82, 2.24) is 5.32 Å². The molecule has 0 radical (unpaired) electrons. The quantitative estimate of drug-likeness (QED) is 0.364. The van der Waals surface area contributed by atoms with E-state index in [4.69, 9.17) is 21.7 Å². The zero-order chi connectivity index (χ0) is 19.1. The van der Waals surface area contributed by atoms with E-state index in [-0.39, 0.29) is 11.0 Å². The van der Waals surface area contributed by atoms with Crippen molar-refractivity contribution < 1.29 is 14.3 Å². The lowest BCUT2D eigenvalue weighted by Crippen LogP contribution is -2.34. The summed E-state index contributed by atoms with van der Waals surface area (Å²) >= 11 is 7.31. The summed E-state index contributed by atoms with van der Waals surface area (Å²) in [5.41, 5.74) is 2.20. The molecule has 5 nitrogen and oxygen atoms in total. The molecule has 136 valence electrons. The van der Waals surface area contributed by atoms with Crippen LogP contribution in [0.5, 0.6) is 11.5 Å². The lowest BCUT2D eigenvalue weighted by atomic mass is 10.2. The summed E-state index contributed by atoms with van der Waals surface area (Å²) in [4.78, 5) is 12.3. The van der Waals surface area contributed by atoms with Crippen LogP contribution in [-0.4, -0.2) is 24.7 Å². The third kappa shape index (κ3) is 5.99. The monoisotopic (exact) mass is 482 g/mol. The summed E-state index contributed by atoms with van der Waals surface area (Å²) in [5.74, 6) is 1.17. The smallest absolute Gasteiger partial charge is 0.257 e. The van der Waals surface area contributed by atoms with Crippen LogP contribution in [0.25, 0.3) is 0 Å². The summed E-state index contributed by atoms with van der Waals surface area (Å²) in [7, 11) is 1.59. The fraction of sp³-hybridized carbons (Fsp3) is 0.158. The molecule has 0 heterocycles. The highest BCUT2D eigenvalue weighted by Crippen LogP contribution is 2.21. The van der Waals surface area contributed by atoms with Crippen LogP contribution in [0.4, 0.5) is 5.69 Å². The van der Waals surface area contributed by atoms with Crippen molar-refractivity contribution in [1.29, 1.82) is 0 Å². The van der Waals surface area contributed by atoms with E-state index >= 15 is 0 Å². The van der Waals surface area contributed by atoms with Gasteiger partial charge in [-0.3, -0.25) is 10.1 Å². The number of carbonyl (C=O) groups is 1. The Morgan fingerprint density at radius 3 is 2.50 bits per heavy atom. The van der Waals surface area contributed by atoms with Crippen LogP contribution < -0.4 is 20.1 Å². The molecular weight excluding hydrogens is 463 g/mol. The van der Waals surface area contributed by atoms with Gasteiger partial charge in [0.05, 0.1) is 10.7 Å². The van der Waals surface area contributed by atoms with Crippen LogP contribution in [0.15, 0.2) is 54.6 Å². The average Bonchev–Trinajstić information content (AvgIpc) is 2.60. The second-order valence-corrected chi connectivity index (χ2v) is 7.10. The van der Waals surface area contributed by atoms with Crippen molar-refractivity contribution in [2.24, 2.45) is 0 Å². The minimum Gasteiger partial charge on any atom is -0.496 e. The first-order chi connectivity index (χ1) is 12.4. The van der Waals surface area contributed by atoms with Gasteiger partial charge in [0.2, 0.25) is 0 Å². The summed E-state index contributed by atoms with van der Waals surface area (Å²) in [6.07, 6.45) is 0. The zero-order valence-corrected chi connectivity index (χ0v) is 17.4. The molecule has 2 aromatic carbocycles. The Labute approximate surface area is 171 Å². The molecule has 0 fully saturated rings. The van der Waals surface area contributed by atoms with E-state index in [2.05, 4.69) is 39.8 Å². The molecule has 0 atom stereocenters. The van der Waals surface area contributed by atoms with E-state index < -0.39 is 0 Å². The number of hydrogen-bond acceptors (Lipinski definition) is 4. The van der Waals surface area contributed by atoms with Gasteiger partial charge < -0.3 is 14.8 Å². The fourth-order valence-corrected chi connectivity index (χ4v) is 2.93. The molecule has 0 aliphatic rings. The van der Waals surface area contributed by atoms with Crippen molar-refractivity contribution in [2.75, 3.05) is 19.0 Å². The number of anilines is 1. The van der Waals surface area contributed by atoms with Crippen LogP contribution in [0.1, 0.15) is 17.3 Å². The molecule has 0 aliphatic carbocycles. The highest BCUT2D eigenvalue weighted by Gasteiger charge is 2.10. The maximum absolute atomic E-state index is 12.3. The minimum atomic E-state index is -0.288. The van der Waals surface area contributed by atoms with Gasteiger partial charge in [-0.1, -0.05) is 6.58 Å². The van der Waals surface area contributed by atoms with Crippen molar-refractivity contribution in [3.05, 3.63) is 63.8 Å². The van der Waals surface area contributed by atoms with E-state index in [1.807, 2.05) is 31.2 Å². The van der Waals surface area contributed by atoms with Gasteiger partial charge in [0.25, 0.3) is 5.91 Å². The highest BCUT2D eigenvalue weighted by atomic mass is 127.